The van der Waals surface area contributed by atoms with Crippen LogP contribution in [0.15, 0.2) is 88.4 Å². The third-order valence-corrected chi connectivity index (χ3v) is 6.39. The van der Waals surface area contributed by atoms with Crippen LogP contribution >= 0.6 is 0 Å². The number of halogens is 1. The molecule has 7 heteroatoms. The maximum Gasteiger partial charge on any atom is 0.306 e. The summed E-state index contributed by atoms with van der Waals surface area (Å²) in [6.07, 6.45) is 7.74. The number of carbonyl (C=O) groups excluding carboxylic acids is 1. The first kappa shape index (κ1) is 25.9. The van der Waals surface area contributed by atoms with Crippen molar-refractivity contribution in [2.45, 2.75) is 52.7 Å². The lowest BCUT2D eigenvalue weighted by molar-refractivity contribution is -0.689. The molecule has 0 aromatic heterocycles. The number of aliphatic imine (C=N–C) groups is 2. The highest BCUT2D eigenvalue weighted by atomic mass is 35.5. The summed E-state index contributed by atoms with van der Waals surface area (Å²) < 4.78 is 11.7. The van der Waals surface area contributed by atoms with E-state index in [0.29, 0.717) is 13.0 Å². The lowest BCUT2D eigenvalue weighted by atomic mass is 9.79. The van der Waals surface area contributed by atoms with E-state index in [1.54, 1.807) is 0 Å². The van der Waals surface area contributed by atoms with Gasteiger partial charge in [-0.2, -0.15) is 4.99 Å². The van der Waals surface area contributed by atoms with Gasteiger partial charge in [0.05, 0.1) is 24.4 Å². The van der Waals surface area contributed by atoms with Crippen LogP contribution in [0.5, 0.6) is 5.75 Å². The molecule has 3 aliphatic rings. The van der Waals surface area contributed by atoms with E-state index in [1.165, 1.54) is 0 Å². The number of nitrogens with one attached hydrogen (secondary N) is 1. The first-order valence-corrected chi connectivity index (χ1v) is 12.2. The topological polar surface area (TPSA) is 64.7 Å². The van der Waals surface area contributed by atoms with Gasteiger partial charge in [-0.25, -0.2) is 4.90 Å². The van der Waals surface area contributed by atoms with Gasteiger partial charge in [0.25, 0.3) is 0 Å². The van der Waals surface area contributed by atoms with E-state index in [1.807, 2.05) is 75.8 Å². The Balaban J connectivity index is 0.00000304. The van der Waals surface area contributed by atoms with Crippen molar-refractivity contribution in [3.8, 4) is 5.75 Å². The Morgan fingerprint density at radius 3 is 2.61 bits per heavy atom. The van der Waals surface area contributed by atoms with Crippen LogP contribution in [0.4, 0.5) is 0 Å². The van der Waals surface area contributed by atoms with E-state index in [-0.39, 0.29) is 35.8 Å². The number of hydrogen-bond donors (Lipinski definition) is 1. The Morgan fingerprint density at radius 2 is 1.86 bits per heavy atom. The number of amidine groups is 1. The number of carbonyl (C=O) groups is 1. The fraction of sp³-hybridized carbons (Fsp3) is 0.345. The summed E-state index contributed by atoms with van der Waals surface area (Å²) in [6.45, 7) is 6.67. The SMILES string of the molecule is CC(C)(C)CC(=O)OC1CC(C2=C3C=NC=C[NH+]3C(c3cccc(OCc4ccccc4)c3)=N2)C1.[Cl-]. The van der Waals surface area contributed by atoms with Crippen LogP contribution in [-0.4, -0.2) is 24.1 Å². The smallest absolute Gasteiger partial charge is 0.306 e. The van der Waals surface area contributed by atoms with Gasteiger partial charge in [-0.15, -0.1) is 0 Å². The predicted octanol–water partition coefficient (Wildman–Crippen LogP) is 1.44. The highest BCUT2D eigenvalue weighted by Gasteiger charge is 2.43. The summed E-state index contributed by atoms with van der Waals surface area (Å²) >= 11 is 0. The Labute approximate surface area is 218 Å². The van der Waals surface area contributed by atoms with Gasteiger partial charge < -0.3 is 21.9 Å². The minimum atomic E-state index is -0.115. The zero-order chi connectivity index (χ0) is 24.4. The molecule has 2 aromatic rings. The molecule has 0 spiro atoms. The molecule has 1 aliphatic carbocycles. The average molecular weight is 506 g/mol. The van der Waals surface area contributed by atoms with Gasteiger partial charge in [0, 0.05) is 5.92 Å². The van der Waals surface area contributed by atoms with Crippen molar-refractivity contribution in [1.29, 1.82) is 0 Å². The molecule has 2 heterocycles. The lowest BCUT2D eigenvalue weighted by Gasteiger charge is -2.34. The third kappa shape index (κ3) is 5.94. The highest BCUT2D eigenvalue weighted by Crippen LogP contribution is 2.39. The van der Waals surface area contributed by atoms with Gasteiger partial charge in [-0.1, -0.05) is 57.2 Å². The number of rotatable bonds is 7. The summed E-state index contributed by atoms with van der Waals surface area (Å²) in [5.41, 5.74) is 4.20. The minimum Gasteiger partial charge on any atom is -1.00 e. The van der Waals surface area contributed by atoms with E-state index < -0.39 is 0 Å². The zero-order valence-corrected chi connectivity index (χ0v) is 21.7. The quantitative estimate of drug-likeness (QED) is 0.579. The molecule has 1 N–H and O–H groups in total. The van der Waals surface area contributed by atoms with Crippen molar-refractivity contribution >= 4 is 18.0 Å². The first-order chi connectivity index (χ1) is 16.9. The van der Waals surface area contributed by atoms with E-state index in [2.05, 4.69) is 23.2 Å². The molecule has 1 fully saturated rings. The number of nitrogens with zero attached hydrogens (tertiary/aromatic N) is 2. The van der Waals surface area contributed by atoms with Crippen LogP contribution in [-0.2, 0) is 16.1 Å². The van der Waals surface area contributed by atoms with E-state index >= 15 is 0 Å². The van der Waals surface area contributed by atoms with Crippen molar-refractivity contribution in [1.82, 2.24) is 0 Å². The second-order valence-corrected chi connectivity index (χ2v) is 10.6. The fourth-order valence-corrected chi connectivity index (χ4v) is 4.60. The minimum absolute atomic E-state index is 0. The normalized spacial score (nSPS) is 22.3. The maximum atomic E-state index is 12.2. The summed E-state index contributed by atoms with van der Waals surface area (Å²) in [5, 5.41) is 0. The predicted molar refractivity (Wildman–Crippen MR) is 136 cm³/mol. The molecular formula is C29H32ClN3O3. The molecule has 1 unspecified atom stereocenters. The van der Waals surface area contributed by atoms with Crippen LogP contribution in [0.25, 0.3) is 0 Å². The van der Waals surface area contributed by atoms with E-state index in [4.69, 9.17) is 14.5 Å². The molecule has 188 valence electrons. The number of hydrogen-bond acceptors (Lipinski definition) is 5. The summed E-state index contributed by atoms with van der Waals surface area (Å²) in [4.78, 5) is 22.7. The lowest BCUT2D eigenvalue weighted by Crippen LogP contribution is -3.08. The number of ether oxygens (including phenoxy) is 2. The van der Waals surface area contributed by atoms with Crippen LogP contribution in [0.3, 0.4) is 0 Å². The molecule has 1 atom stereocenters. The van der Waals surface area contributed by atoms with Crippen LogP contribution in [0.2, 0.25) is 0 Å². The molecule has 0 amide bonds. The molecule has 1 saturated carbocycles. The molecule has 36 heavy (non-hydrogen) atoms. The number of benzene rings is 2. The van der Waals surface area contributed by atoms with Gasteiger partial charge >= 0.3 is 5.97 Å². The van der Waals surface area contributed by atoms with Crippen LogP contribution < -0.4 is 22.0 Å². The van der Waals surface area contributed by atoms with Gasteiger partial charge in [0.1, 0.15) is 30.4 Å². The number of allylic oxidation sites excluding steroid dienone is 2. The average Bonchev–Trinajstić information content (AvgIpc) is 3.19. The van der Waals surface area contributed by atoms with Gasteiger partial charge in [-0.05, 0) is 42.0 Å². The zero-order valence-electron chi connectivity index (χ0n) is 20.9. The summed E-state index contributed by atoms with van der Waals surface area (Å²) in [6, 6.07) is 18.2. The number of esters is 1. The molecule has 6 nitrogen and oxygen atoms in total. The van der Waals surface area contributed by atoms with Crippen LogP contribution in [0.1, 0.15) is 51.2 Å². The van der Waals surface area contributed by atoms with Crippen molar-refractivity contribution in [2.24, 2.45) is 21.3 Å². The molecule has 0 bridgehead atoms. The maximum absolute atomic E-state index is 12.2. The monoisotopic (exact) mass is 505 g/mol. The molecule has 0 radical (unpaired) electrons. The molecular weight excluding hydrogens is 474 g/mol. The highest BCUT2D eigenvalue weighted by molar-refractivity contribution is 5.98. The molecule has 5 rings (SSSR count). The van der Waals surface area contributed by atoms with Crippen molar-refractivity contribution in [3.63, 3.8) is 0 Å². The molecule has 2 aliphatic heterocycles. The standard InChI is InChI=1S/C29H31N3O3.ClH/c1-29(2,3)17-26(33)35-24-15-22(16-24)27-25-18-30-12-13-32(25)28(31-27)21-10-7-11-23(14-21)34-19-20-8-5-4-6-9-20;/h4-14,18,22,24H,15-17,19H2,1-3H3;1H. The van der Waals surface area contributed by atoms with Gasteiger partial charge in [0.2, 0.25) is 5.84 Å². The first-order valence-electron chi connectivity index (χ1n) is 12.2. The van der Waals surface area contributed by atoms with Crippen molar-refractivity contribution in [2.75, 3.05) is 0 Å². The second kappa shape index (κ2) is 10.8. The fourth-order valence-electron chi connectivity index (χ4n) is 4.60. The molecule has 0 saturated heterocycles. The summed E-state index contributed by atoms with van der Waals surface area (Å²) in [5.74, 6) is 1.90. The van der Waals surface area contributed by atoms with Gasteiger partial charge in [0.15, 0.2) is 5.70 Å². The van der Waals surface area contributed by atoms with E-state index in [9.17, 15) is 4.79 Å². The van der Waals surface area contributed by atoms with Crippen LogP contribution in [0, 0.1) is 11.3 Å². The Hall–Kier alpha value is -3.22. The number of fused-ring (bicyclic) bond motifs is 1. The Bertz CT molecular complexity index is 1220. The Morgan fingerprint density at radius 1 is 1.08 bits per heavy atom. The van der Waals surface area contributed by atoms with Gasteiger partial charge in [-0.3, -0.25) is 9.79 Å². The Kier molecular flexibility index (Phi) is 7.76. The number of quaternary nitrogens is 1. The summed E-state index contributed by atoms with van der Waals surface area (Å²) in [7, 11) is 0. The third-order valence-electron chi connectivity index (χ3n) is 6.39. The largest absolute Gasteiger partial charge is 1.00 e. The van der Waals surface area contributed by atoms with Crippen molar-refractivity contribution in [3.05, 3.63) is 89.5 Å². The van der Waals surface area contributed by atoms with E-state index in [0.717, 1.165) is 51.8 Å². The molecule has 2 aromatic carbocycles. The second-order valence-electron chi connectivity index (χ2n) is 10.6. The van der Waals surface area contributed by atoms with Crippen molar-refractivity contribution < 1.29 is 31.6 Å².